The van der Waals surface area contributed by atoms with E-state index < -0.39 is 0 Å². The highest BCUT2D eigenvalue weighted by Crippen LogP contribution is 2.35. The molecular formula is C17H18N2. The quantitative estimate of drug-likeness (QED) is 0.837. The van der Waals surface area contributed by atoms with E-state index in [2.05, 4.69) is 58.7 Å². The predicted molar refractivity (Wildman–Crippen MR) is 78.4 cm³/mol. The fraction of sp³-hybridized carbons (Fsp3) is 0.294. The topological polar surface area (TPSA) is 15.3 Å². The molecule has 2 nitrogen and oxygen atoms in total. The van der Waals surface area contributed by atoms with Crippen LogP contribution in [0.3, 0.4) is 0 Å². The van der Waals surface area contributed by atoms with Crippen molar-refractivity contribution in [2.45, 2.75) is 19.0 Å². The van der Waals surface area contributed by atoms with Crippen LogP contribution >= 0.6 is 0 Å². The van der Waals surface area contributed by atoms with Crippen LogP contribution in [0.1, 0.15) is 22.9 Å². The second-order valence-electron chi connectivity index (χ2n) is 5.38. The zero-order chi connectivity index (χ0) is 12.7. The van der Waals surface area contributed by atoms with Gasteiger partial charge in [-0.25, -0.2) is 0 Å². The summed E-state index contributed by atoms with van der Waals surface area (Å²) in [7, 11) is 0. The maximum absolute atomic E-state index is 3.68. The second kappa shape index (κ2) is 4.39. The summed E-state index contributed by atoms with van der Waals surface area (Å²) in [6.45, 7) is 2.19. The fourth-order valence-electron chi connectivity index (χ4n) is 3.39. The van der Waals surface area contributed by atoms with Crippen molar-refractivity contribution in [3.05, 3.63) is 65.2 Å². The fourth-order valence-corrected chi connectivity index (χ4v) is 3.39. The third kappa shape index (κ3) is 1.75. The van der Waals surface area contributed by atoms with Crippen LogP contribution < -0.4 is 10.2 Å². The molecule has 0 aromatic heterocycles. The molecule has 2 aromatic rings. The minimum Gasteiger partial charge on any atom is -0.351 e. The van der Waals surface area contributed by atoms with Crippen molar-refractivity contribution in [3.8, 4) is 0 Å². The number of hydrogen-bond acceptors (Lipinski definition) is 2. The third-order valence-electron chi connectivity index (χ3n) is 4.32. The van der Waals surface area contributed by atoms with Gasteiger partial charge in [0.25, 0.3) is 0 Å². The molecule has 0 aliphatic carbocycles. The minimum absolute atomic E-state index is 0.341. The highest BCUT2D eigenvalue weighted by Gasteiger charge is 2.29. The lowest BCUT2D eigenvalue weighted by atomic mass is 9.97. The van der Waals surface area contributed by atoms with Crippen molar-refractivity contribution < 1.29 is 0 Å². The summed E-state index contributed by atoms with van der Waals surface area (Å²) >= 11 is 0. The molecule has 1 atom stereocenters. The molecule has 0 saturated heterocycles. The Kier molecular flexibility index (Phi) is 2.56. The Morgan fingerprint density at radius 1 is 0.895 bits per heavy atom. The number of nitrogens with one attached hydrogen (secondary N) is 1. The molecule has 2 heterocycles. The van der Waals surface area contributed by atoms with Crippen LogP contribution in [0.15, 0.2) is 48.5 Å². The first kappa shape index (κ1) is 11.1. The molecule has 0 amide bonds. The number of benzene rings is 2. The highest BCUT2D eigenvalue weighted by molar-refractivity contribution is 5.59. The average molecular weight is 250 g/mol. The van der Waals surface area contributed by atoms with Gasteiger partial charge in [0.1, 0.15) is 6.17 Å². The van der Waals surface area contributed by atoms with E-state index in [0.29, 0.717) is 6.17 Å². The van der Waals surface area contributed by atoms with Crippen LogP contribution in [0.2, 0.25) is 0 Å². The Morgan fingerprint density at radius 3 is 2.63 bits per heavy atom. The maximum atomic E-state index is 3.68. The molecule has 0 bridgehead atoms. The first-order valence-electron chi connectivity index (χ1n) is 7.09. The molecule has 2 heteroatoms. The first-order valence-corrected chi connectivity index (χ1v) is 7.09. The van der Waals surface area contributed by atoms with Crippen molar-refractivity contribution in [2.75, 3.05) is 18.0 Å². The van der Waals surface area contributed by atoms with Crippen molar-refractivity contribution >= 4 is 5.69 Å². The van der Waals surface area contributed by atoms with E-state index in [9.17, 15) is 0 Å². The average Bonchev–Trinajstić information content (AvgIpc) is 2.90. The van der Waals surface area contributed by atoms with Gasteiger partial charge in [0.2, 0.25) is 0 Å². The Morgan fingerprint density at radius 2 is 1.68 bits per heavy atom. The number of anilines is 1. The van der Waals surface area contributed by atoms with Crippen molar-refractivity contribution in [1.82, 2.24) is 5.32 Å². The standard InChI is InChI=1S/C17H18N2/c1-3-7-15-13(5-1)9-11-18-17(15)19-12-10-14-6-2-4-8-16(14)19/h1-8,17-18H,9-12H2. The largest absolute Gasteiger partial charge is 0.351 e. The molecule has 2 aliphatic rings. The highest BCUT2D eigenvalue weighted by atomic mass is 15.3. The van der Waals surface area contributed by atoms with E-state index in [1.165, 1.54) is 22.4 Å². The molecule has 4 rings (SSSR count). The molecule has 2 aromatic carbocycles. The molecule has 0 radical (unpaired) electrons. The van der Waals surface area contributed by atoms with E-state index in [1.807, 2.05) is 0 Å². The zero-order valence-corrected chi connectivity index (χ0v) is 11.0. The molecule has 1 unspecified atom stereocenters. The van der Waals surface area contributed by atoms with Gasteiger partial charge in [-0.2, -0.15) is 0 Å². The summed E-state index contributed by atoms with van der Waals surface area (Å²) in [5.41, 5.74) is 5.82. The van der Waals surface area contributed by atoms with Gasteiger partial charge in [-0.05, 0) is 35.6 Å². The van der Waals surface area contributed by atoms with E-state index in [-0.39, 0.29) is 0 Å². The molecule has 0 fully saturated rings. The van der Waals surface area contributed by atoms with E-state index in [0.717, 1.165) is 25.9 Å². The summed E-state index contributed by atoms with van der Waals surface area (Å²) < 4.78 is 0. The Labute approximate surface area is 114 Å². The minimum atomic E-state index is 0.341. The Bertz CT molecular complexity index is 606. The molecule has 0 saturated carbocycles. The number of nitrogens with zero attached hydrogens (tertiary/aromatic N) is 1. The number of fused-ring (bicyclic) bond motifs is 2. The van der Waals surface area contributed by atoms with Gasteiger partial charge >= 0.3 is 0 Å². The lowest BCUT2D eigenvalue weighted by molar-refractivity contribution is 0.485. The smallest absolute Gasteiger partial charge is 0.106 e. The molecule has 19 heavy (non-hydrogen) atoms. The van der Waals surface area contributed by atoms with Crippen molar-refractivity contribution in [2.24, 2.45) is 0 Å². The van der Waals surface area contributed by atoms with E-state index in [4.69, 9.17) is 0 Å². The zero-order valence-electron chi connectivity index (χ0n) is 11.0. The lowest BCUT2D eigenvalue weighted by Crippen LogP contribution is -2.41. The Hall–Kier alpha value is -1.80. The van der Waals surface area contributed by atoms with Gasteiger partial charge in [-0.3, -0.25) is 5.32 Å². The predicted octanol–water partition coefficient (Wildman–Crippen LogP) is 2.89. The van der Waals surface area contributed by atoms with E-state index >= 15 is 0 Å². The first-order chi connectivity index (χ1) is 9.43. The second-order valence-corrected chi connectivity index (χ2v) is 5.38. The van der Waals surface area contributed by atoms with Gasteiger partial charge in [-0.1, -0.05) is 42.5 Å². The lowest BCUT2D eigenvalue weighted by Gasteiger charge is -2.35. The van der Waals surface area contributed by atoms with Gasteiger partial charge < -0.3 is 4.90 Å². The molecule has 1 N–H and O–H groups in total. The van der Waals surface area contributed by atoms with Crippen LogP contribution in [0.4, 0.5) is 5.69 Å². The maximum Gasteiger partial charge on any atom is 0.106 e. The third-order valence-corrected chi connectivity index (χ3v) is 4.32. The number of hydrogen-bond donors (Lipinski definition) is 1. The summed E-state index contributed by atoms with van der Waals surface area (Å²) in [4.78, 5) is 2.52. The molecule has 0 spiro atoms. The number of para-hydroxylation sites is 1. The van der Waals surface area contributed by atoms with Crippen LogP contribution in [0.25, 0.3) is 0 Å². The van der Waals surface area contributed by atoms with Gasteiger partial charge in [0.15, 0.2) is 0 Å². The molecule has 96 valence electrons. The summed E-state index contributed by atoms with van der Waals surface area (Å²) in [6, 6.07) is 17.6. The van der Waals surface area contributed by atoms with Crippen LogP contribution in [0, 0.1) is 0 Å². The molecule has 2 aliphatic heterocycles. The monoisotopic (exact) mass is 250 g/mol. The molecular weight excluding hydrogens is 232 g/mol. The van der Waals surface area contributed by atoms with Gasteiger partial charge in [-0.15, -0.1) is 0 Å². The van der Waals surface area contributed by atoms with Crippen LogP contribution in [0.5, 0.6) is 0 Å². The van der Waals surface area contributed by atoms with Crippen molar-refractivity contribution in [3.63, 3.8) is 0 Å². The Balaban J connectivity index is 1.76. The SMILES string of the molecule is c1ccc2c(c1)CCNC2N1CCc2ccccc21. The van der Waals surface area contributed by atoms with Crippen molar-refractivity contribution in [1.29, 1.82) is 0 Å². The van der Waals surface area contributed by atoms with E-state index in [1.54, 1.807) is 0 Å². The van der Waals surface area contributed by atoms with Gasteiger partial charge in [0, 0.05) is 18.8 Å². The summed E-state index contributed by atoms with van der Waals surface area (Å²) in [5, 5.41) is 3.68. The van der Waals surface area contributed by atoms with Gasteiger partial charge in [0.05, 0.1) is 0 Å². The normalized spacial score (nSPS) is 21.1. The summed E-state index contributed by atoms with van der Waals surface area (Å²) in [6.07, 6.45) is 2.65. The van der Waals surface area contributed by atoms with Crippen LogP contribution in [-0.2, 0) is 12.8 Å². The summed E-state index contributed by atoms with van der Waals surface area (Å²) in [5.74, 6) is 0. The number of rotatable bonds is 1. The van der Waals surface area contributed by atoms with Crippen LogP contribution in [-0.4, -0.2) is 13.1 Å².